The molecule has 3 rings (SSSR count). The number of hydrogen-bond acceptors (Lipinski definition) is 5. The number of ketones is 1. The minimum atomic E-state index is -4.37. The number of nitrogens with one attached hydrogen (secondary N) is 1. The van der Waals surface area contributed by atoms with Crippen LogP contribution in [0.3, 0.4) is 0 Å². The average Bonchev–Trinajstić information content (AvgIpc) is 2.81. The molecule has 1 N–H and O–H groups in total. The van der Waals surface area contributed by atoms with Crippen LogP contribution in [0.1, 0.15) is 47.0 Å². The molecule has 0 saturated carbocycles. The molecule has 8 heteroatoms. The van der Waals surface area contributed by atoms with Crippen molar-refractivity contribution in [1.82, 2.24) is 4.72 Å². The predicted molar refractivity (Wildman–Crippen MR) is 131 cm³/mol. The summed E-state index contributed by atoms with van der Waals surface area (Å²) in [5.74, 6) is -2.87. The van der Waals surface area contributed by atoms with Crippen molar-refractivity contribution >= 4 is 21.8 Å². The van der Waals surface area contributed by atoms with Crippen LogP contribution in [-0.2, 0) is 19.6 Å². The zero-order valence-corrected chi connectivity index (χ0v) is 20.8. The van der Waals surface area contributed by atoms with E-state index in [1.807, 2.05) is 13.8 Å². The summed E-state index contributed by atoms with van der Waals surface area (Å²) in [7, 11) is -4.37. The molecule has 0 amide bonds. The number of benzene rings is 3. The molecule has 0 heterocycles. The first-order valence-corrected chi connectivity index (χ1v) is 12.6. The normalized spacial score (nSPS) is 13.3. The van der Waals surface area contributed by atoms with E-state index in [9.17, 15) is 22.4 Å². The zero-order chi connectivity index (χ0) is 25.8. The fourth-order valence-electron chi connectivity index (χ4n) is 3.42. The number of hydrogen-bond donors (Lipinski definition) is 1. The molecule has 0 radical (unpaired) electrons. The van der Waals surface area contributed by atoms with Gasteiger partial charge in [0.1, 0.15) is 16.8 Å². The van der Waals surface area contributed by atoms with Crippen LogP contribution in [0.15, 0.2) is 77.7 Å². The van der Waals surface area contributed by atoms with Gasteiger partial charge in [0.05, 0.1) is 0 Å². The van der Waals surface area contributed by atoms with Crippen LogP contribution < -0.4 is 4.72 Å². The Labute approximate surface area is 205 Å². The van der Waals surface area contributed by atoms with Crippen molar-refractivity contribution in [3.05, 3.63) is 101 Å². The summed E-state index contributed by atoms with van der Waals surface area (Å²) in [6, 6.07) is 17.3. The quantitative estimate of drug-likeness (QED) is 0.335. The van der Waals surface area contributed by atoms with Gasteiger partial charge in [-0.05, 0) is 31.9 Å². The molecule has 184 valence electrons. The molecule has 0 aliphatic carbocycles. The second-order valence-corrected chi connectivity index (χ2v) is 10.4. The third-order valence-electron chi connectivity index (χ3n) is 5.52. The van der Waals surface area contributed by atoms with Crippen molar-refractivity contribution in [3.63, 3.8) is 0 Å². The molecule has 0 fully saturated rings. The van der Waals surface area contributed by atoms with Gasteiger partial charge in [0.2, 0.25) is 15.8 Å². The van der Waals surface area contributed by atoms with Gasteiger partial charge < -0.3 is 4.74 Å². The molecule has 0 spiro atoms. The van der Waals surface area contributed by atoms with Crippen LogP contribution in [0, 0.1) is 25.6 Å². The molecule has 3 aromatic carbocycles. The minimum Gasteiger partial charge on any atom is -0.448 e. The maximum atomic E-state index is 14.1. The third-order valence-corrected chi connectivity index (χ3v) is 6.99. The lowest BCUT2D eigenvalue weighted by Gasteiger charge is -2.24. The van der Waals surface area contributed by atoms with Gasteiger partial charge in [0.15, 0.2) is 6.10 Å². The summed E-state index contributed by atoms with van der Waals surface area (Å²) in [5, 5.41) is 0. The highest BCUT2D eigenvalue weighted by atomic mass is 32.2. The molecule has 0 aliphatic heterocycles. The lowest BCUT2D eigenvalue weighted by molar-refractivity contribution is -0.150. The lowest BCUT2D eigenvalue weighted by atomic mass is 9.98. The number of rotatable bonds is 9. The average molecular weight is 498 g/mol. The Bertz CT molecular complexity index is 1300. The van der Waals surface area contributed by atoms with E-state index in [1.54, 1.807) is 62.4 Å². The van der Waals surface area contributed by atoms with Gasteiger partial charge in [-0.3, -0.25) is 9.59 Å². The van der Waals surface area contributed by atoms with Crippen molar-refractivity contribution in [1.29, 1.82) is 0 Å². The van der Waals surface area contributed by atoms with Gasteiger partial charge in [0, 0.05) is 11.1 Å². The Morgan fingerprint density at radius 1 is 0.857 bits per heavy atom. The van der Waals surface area contributed by atoms with Gasteiger partial charge in [-0.2, -0.15) is 4.72 Å². The van der Waals surface area contributed by atoms with Crippen molar-refractivity contribution in [2.45, 2.75) is 44.7 Å². The highest BCUT2D eigenvalue weighted by Crippen LogP contribution is 2.25. The van der Waals surface area contributed by atoms with E-state index < -0.39 is 50.6 Å². The lowest BCUT2D eigenvalue weighted by Crippen LogP contribution is -2.46. The zero-order valence-electron chi connectivity index (χ0n) is 20.0. The largest absolute Gasteiger partial charge is 0.448 e. The molecule has 35 heavy (non-hydrogen) atoms. The number of aryl methyl sites for hydroxylation is 2. The number of halogens is 1. The summed E-state index contributed by atoms with van der Waals surface area (Å²) in [4.78, 5) is 26.0. The number of Topliss-reactive ketones (excluding diaryl/α,β-unsaturated/α-hetero) is 1. The summed E-state index contributed by atoms with van der Waals surface area (Å²) in [6.45, 7) is 7.02. The Balaban J connectivity index is 1.93. The first-order valence-electron chi connectivity index (χ1n) is 11.1. The van der Waals surface area contributed by atoms with Crippen molar-refractivity contribution < 1.29 is 27.1 Å². The summed E-state index contributed by atoms with van der Waals surface area (Å²) < 4.78 is 47.7. The second-order valence-electron chi connectivity index (χ2n) is 8.73. The number of carbonyl (C=O) groups is 2. The van der Waals surface area contributed by atoms with Crippen LogP contribution >= 0.6 is 0 Å². The topological polar surface area (TPSA) is 89.5 Å². The van der Waals surface area contributed by atoms with E-state index in [1.165, 1.54) is 12.1 Å². The molecule has 0 aliphatic rings. The first kappa shape index (κ1) is 26.2. The molecule has 0 aromatic heterocycles. The Morgan fingerprint density at radius 3 is 1.94 bits per heavy atom. The third kappa shape index (κ3) is 6.41. The van der Waals surface area contributed by atoms with Crippen molar-refractivity contribution in [2.75, 3.05) is 0 Å². The van der Waals surface area contributed by atoms with Crippen LogP contribution in [0.2, 0.25) is 0 Å². The number of esters is 1. The van der Waals surface area contributed by atoms with E-state index in [-0.39, 0.29) is 0 Å². The van der Waals surface area contributed by atoms with Crippen molar-refractivity contribution in [2.24, 2.45) is 5.92 Å². The molecule has 2 atom stereocenters. The fourth-order valence-corrected chi connectivity index (χ4v) is 4.83. The van der Waals surface area contributed by atoms with Crippen LogP contribution in [-0.4, -0.2) is 26.2 Å². The van der Waals surface area contributed by atoms with E-state index in [2.05, 4.69) is 4.72 Å². The van der Waals surface area contributed by atoms with E-state index >= 15 is 0 Å². The van der Waals surface area contributed by atoms with Crippen molar-refractivity contribution in [3.8, 4) is 0 Å². The van der Waals surface area contributed by atoms with Crippen LogP contribution in [0.4, 0.5) is 4.39 Å². The minimum absolute atomic E-state index is 0.349. The van der Waals surface area contributed by atoms with Crippen LogP contribution in [0.5, 0.6) is 0 Å². The van der Waals surface area contributed by atoms with E-state index in [0.717, 1.165) is 23.3 Å². The summed E-state index contributed by atoms with van der Waals surface area (Å²) >= 11 is 0. The van der Waals surface area contributed by atoms with Gasteiger partial charge in [0.25, 0.3) is 0 Å². The Hall–Kier alpha value is -3.36. The molecular weight excluding hydrogens is 469 g/mol. The van der Waals surface area contributed by atoms with Gasteiger partial charge in [-0.25, -0.2) is 12.8 Å². The standard InChI is InChI=1S/C27H28FNO5S/c1-17(2)24(29-35(32,33)23-8-6-5-7-22(23)28)27(31)34-26(21-15-11-19(4)12-16-21)25(30)20-13-9-18(3)10-14-20/h5-17,24,26,29H,1-4H3/t24-,26+/m0/s1. The van der Waals surface area contributed by atoms with E-state index in [4.69, 9.17) is 4.74 Å². The smallest absolute Gasteiger partial charge is 0.325 e. The van der Waals surface area contributed by atoms with Gasteiger partial charge in [-0.1, -0.05) is 85.6 Å². The van der Waals surface area contributed by atoms with Gasteiger partial charge >= 0.3 is 5.97 Å². The second kappa shape index (κ2) is 10.9. The Kier molecular flexibility index (Phi) is 8.19. The molecule has 0 unspecified atom stereocenters. The highest BCUT2D eigenvalue weighted by molar-refractivity contribution is 7.89. The summed E-state index contributed by atoms with van der Waals surface area (Å²) in [6.07, 6.45) is -1.29. The maximum Gasteiger partial charge on any atom is 0.325 e. The number of sulfonamides is 1. The predicted octanol–water partition coefficient (Wildman–Crippen LogP) is 4.91. The van der Waals surface area contributed by atoms with Gasteiger partial charge in [-0.15, -0.1) is 0 Å². The molecule has 3 aromatic rings. The van der Waals surface area contributed by atoms with Crippen LogP contribution in [0.25, 0.3) is 0 Å². The Morgan fingerprint density at radius 2 is 1.40 bits per heavy atom. The maximum absolute atomic E-state index is 14.1. The summed E-state index contributed by atoms with van der Waals surface area (Å²) in [5.41, 5.74) is 2.73. The monoisotopic (exact) mass is 497 g/mol. The molecule has 0 bridgehead atoms. The first-order chi connectivity index (χ1) is 16.5. The molecule has 0 saturated heterocycles. The number of ether oxygens (including phenoxy) is 1. The van der Waals surface area contributed by atoms with E-state index in [0.29, 0.717) is 11.1 Å². The SMILES string of the molecule is Cc1ccc(C(=O)[C@H](OC(=O)[C@@H](NS(=O)(=O)c2ccccc2F)C(C)C)c2ccc(C)cc2)cc1. The fraction of sp³-hybridized carbons (Fsp3) is 0.259. The molecular formula is C27H28FNO5S. The highest BCUT2D eigenvalue weighted by Gasteiger charge is 2.34. The number of carbonyl (C=O) groups excluding carboxylic acids is 2. The molecule has 6 nitrogen and oxygen atoms in total.